The van der Waals surface area contributed by atoms with Gasteiger partial charge in [0.05, 0.1) is 34.7 Å². The Morgan fingerprint density at radius 2 is 1.75 bits per heavy atom. The molecule has 4 fully saturated rings. The quantitative estimate of drug-likeness (QED) is 0.119. The number of ketones is 1. The number of rotatable bonds is 8. The van der Waals surface area contributed by atoms with Gasteiger partial charge in [0, 0.05) is 23.9 Å². The Hall–Kier alpha value is -3.77. The van der Waals surface area contributed by atoms with Crippen LogP contribution in [0, 0.1) is 65.1 Å². The molecule has 0 aliphatic heterocycles. The van der Waals surface area contributed by atoms with E-state index in [2.05, 4.69) is 42.9 Å². The molecule has 3 aromatic rings. The van der Waals surface area contributed by atoms with Gasteiger partial charge in [0.2, 0.25) is 0 Å². The maximum absolute atomic E-state index is 12.6. The normalized spacial score (nSPS) is 35.3. The number of carbonyl (C=O) groups excluding carboxylic acids is 1. The second kappa shape index (κ2) is 14.1. The minimum Gasteiger partial charge on any atom is -0.481 e. The van der Waals surface area contributed by atoms with E-state index in [0.29, 0.717) is 49.9 Å². The van der Waals surface area contributed by atoms with Crippen LogP contribution in [0.1, 0.15) is 113 Å². The van der Waals surface area contributed by atoms with Crippen LogP contribution in [0.3, 0.4) is 0 Å². The van der Waals surface area contributed by atoms with Crippen LogP contribution >= 0.6 is 0 Å². The number of Topliss-reactive ketones (excluding diaryl/α,β-unsaturated/α-hetero) is 1. The largest absolute Gasteiger partial charge is 0.481 e. The Morgan fingerprint density at radius 3 is 2.47 bits per heavy atom. The molecule has 4 unspecified atom stereocenters. The summed E-state index contributed by atoms with van der Waals surface area (Å²) in [7, 11) is 0. The molecule has 4 saturated carbocycles. The lowest BCUT2D eigenvalue weighted by atomic mass is 9.42. The topological polar surface area (TPSA) is 140 Å². The summed E-state index contributed by atoms with van der Waals surface area (Å²) in [6.07, 6.45) is 4.79. The van der Waals surface area contributed by atoms with Crippen LogP contribution in [0.2, 0.25) is 0 Å². The molecule has 4 aliphatic rings. The fourth-order valence-corrected chi connectivity index (χ4v) is 11.8. The average Bonchev–Trinajstić information content (AvgIpc) is 3.48. The maximum atomic E-state index is 12.6. The van der Waals surface area contributed by atoms with Crippen molar-refractivity contribution in [2.24, 2.45) is 46.3 Å². The van der Waals surface area contributed by atoms with Gasteiger partial charge in [-0.2, -0.15) is 0 Å². The SMILES string of the molecule is CC(=O)c1c(C)nc2ccccc2c1NCc1ccc(C#C[C@@]2(O)CC[C@@]3(C)C(C[C@@H](O)C4C3C[C@H](O)[C@@]3(C)C4CC[C@@H]3[C@H](C)CCC(=O)O)C2)cc1. The predicted molar refractivity (Wildman–Crippen MR) is 206 cm³/mol. The van der Waals surface area contributed by atoms with Gasteiger partial charge >= 0.3 is 5.97 Å². The van der Waals surface area contributed by atoms with Gasteiger partial charge in [-0.05, 0) is 135 Å². The first-order valence-corrected chi connectivity index (χ1v) is 19.7. The molecule has 0 bridgehead atoms. The second-order valence-electron chi connectivity index (χ2n) is 17.6. The summed E-state index contributed by atoms with van der Waals surface area (Å²) in [5, 5.41) is 49.3. The number of carboxylic acid groups (broad SMARTS) is 1. The van der Waals surface area contributed by atoms with Crippen molar-refractivity contribution in [2.75, 3.05) is 5.32 Å². The third kappa shape index (κ3) is 6.68. The van der Waals surface area contributed by atoms with E-state index in [-0.39, 0.29) is 58.5 Å². The second-order valence-corrected chi connectivity index (χ2v) is 17.6. The molecule has 282 valence electrons. The molecule has 1 aromatic heterocycles. The van der Waals surface area contributed by atoms with Crippen LogP contribution in [0.15, 0.2) is 48.5 Å². The highest BCUT2D eigenvalue weighted by Gasteiger charge is 2.66. The molecule has 8 nitrogen and oxygen atoms in total. The maximum Gasteiger partial charge on any atom is 0.303 e. The van der Waals surface area contributed by atoms with E-state index in [0.717, 1.165) is 47.0 Å². The van der Waals surface area contributed by atoms with Gasteiger partial charge in [-0.1, -0.05) is 62.9 Å². The zero-order valence-electron chi connectivity index (χ0n) is 31.9. The van der Waals surface area contributed by atoms with Crippen molar-refractivity contribution in [3.63, 3.8) is 0 Å². The lowest BCUT2D eigenvalue weighted by Gasteiger charge is -2.64. The number of nitrogens with zero attached hydrogens (tertiary/aromatic N) is 1. The van der Waals surface area contributed by atoms with E-state index >= 15 is 0 Å². The van der Waals surface area contributed by atoms with Crippen LogP contribution in [0.5, 0.6) is 0 Å². The number of fused-ring (bicyclic) bond motifs is 6. The number of aryl methyl sites for hydroxylation is 1. The lowest BCUT2D eigenvalue weighted by Crippen LogP contribution is -2.63. The first kappa shape index (κ1) is 37.5. The molecule has 0 saturated heterocycles. The van der Waals surface area contributed by atoms with Crippen molar-refractivity contribution >= 4 is 28.3 Å². The lowest BCUT2D eigenvalue weighted by molar-refractivity contribution is -0.211. The number of hydrogen-bond acceptors (Lipinski definition) is 7. The Morgan fingerprint density at radius 1 is 1.02 bits per heavy atom. The molecule has 8 heteroatoms. The summed E-state index contributed by atoms with van der Waals surface area (Å²) in [5.74, 6) is 6.68. The fourth-order valence-electron chi connectivity index (χ4n) is 11.8. The molecule has 0 radical (unpaired) electrons. The zero-order valence-corrected chi connectivity index (χ0v) is 31.9. The first-order chi connectivity index (χ1) is 25.1. The molecular formula is C45H56N2O6. The molecule has 2 aromatic carbocycles. The number of aromatic nitrogens is 1. The average molecular weight is 721 g/mol. The summed E-state index contributed by atoms with van der Waals surface area (Å²) in [4.78, 5) is 28.5. The number of aliphatic hydroxyl groups excluding tert-OH is 2. The van der Waals surface area contributed by atoms with Gasteiger partial charge < -0.3 is 25.7 Å². The molecule has 4 aliphatic carbocycles. The van der Waals surface area contributed by atoms with Crippen molar-refractivity contribution in [1.29, 1.82) is 0 Å². The number of para-hydroxylation sites is 1. The Balaban J connectivity index is 1.03. The monoisotopic (exact) mass is 720 g/mol. The summed E-state index contributed by atoms with van der Waals surface area (Å²) < 4.78 is 0. The van der Waals surface area contributed by atoms with E-state index < -0.39 is 23.8 Å². The van der Waals surface area contributed by atoms with Crippen LogP contribution in [-0.4, -0.2) is 55.0 Å². The summed E-state index contributed by atoms with van der Waals surface area (Å²) >= 11 is 0. The molecule has 53 heavy (non-hydrogen) atoms. The number of aliphatic carboxylic acids is 1. The zero-order chi connectivity index (χ0) is 37.9. The van der Waals surface area contributed by atoms with Gasteiger partial charge in [-0.15, -0.1) is 0 Å². The predicted octanol–water partition coefficient (Wildman–Crippen LogP) is 7.54. The highest BCUT2D eigenvalue weighted by atomic mass is 16.4. The van der Waals surface area contributed by atoms with E-state index in [1.807, 2.05) is 55.5 Å². The third-order valence-corrected chi connectivity index (χ3v) is 14.7. The number of carbonyl (C=O) groups is 2. The smallest absolute Gasteiger partial charge is 0.303 e. The Kier molecular flexibility index (Phi) is 10.0. The van der Waals surface area contributed by atoms with E-state index in [1.54, 1.807) is 6.92 Å². The molecular weight excluding hydrogens is 665 g/mol. The van der Waals surface area contributed by atoms with E-state index in [4.69, 9.17) is 0 Å². The van der Waals surface area contributed by atoms with Crippen molar-refractivity contribution in [2.45, 2.75) is 117 Å². The van der Waals surface area contributed by atoms with Gasteiger partial charge in [-0.25, -0.2) is 0 Å². The minimum atomic E-state index is -1.15. The van der Waals surface area contributed by atoms with E-state index in [9.17, 15) is 30.0 Å². The first-order valence-electron chi connectivity index (χ1n) is 19.7. The van der Waals surface area contributed by atoms with E-state index in [1.165, 1.54) is 0 Å². The number of anilines is 1. The van der Waals surface area contributed by atoms with Crippen molar-refractivity contribution in [3.05, 3.63) is 70.9 Å². The minimum absolute atomic E-state index is 0.0277. The molecule has 7 rings (SSSR count). The number of nitrogens with one attached hydrogen (secondary N) is 1. The van der Waals surface area contributed by atoms with Crippen molar-refractivity contribution < 1.29 is 30.0 Å². The van der Waals surface area contributed by atoms with Crippen LogP contribution < -0.4 is 5.32 Å². The standard InChI is InChI=1S/C45H56N2O6/c1-26(10-17-39(51)52)33-15-16-34-41-35(23-38(50)44(33,34)5)43(4)20-21-45(53,24-31(43)22-37(41)49)19-18-29-11-13-30(14-12-29)25-46-42-32-8-6-7-9-36(32)47-27(2)40(42)28(3)48/h6-9,11-14,26,31,33-35,37-38,41,49-50,53H,10,15-17,20-25H2,1-5H3,(H,46,47)(H,51,52)/t26-,31?,33-,34?,35?,37-,38+,41?,43+,44-,45-/m1/s1. The third-order valence-electron chi connectivity index (χ3n) is 14.7. The van der Waals surface area contributed by atoms with Crippen LogP contribution in [-0.2, 0) is 11.3 Å². The van der Waals surface area contributed by atoms with Crippen LogP contribution in [0.25, 0.3) is 10.9 Å². The number of benzene rings is 2. The molecule has 0 amide bonds. The Bertz CT molecular complexity index is 1950. The number of hydrogen-bond donors (Lipinski definition) is 5. The molecule has 1 heterocycles. The summed E-state index contributed by atoms with van der Waals surface area (Å²) in [6, 6.07) is 15.8. The fraction of sp³-hybridized carbons (Fsp3) is 0.578. The van der Waals surface area contributed by atoms with Gasteiger partial charge in [0.15, 0.2) is 5.78 Å². The molecule has 5 N–H and O–H groups in total. The van der Waals surface area contributed by atoms with Gasteiger partial charge in [-0.3, -0.25) is 14.6 Å². The van der Waals surface area contributed by atoms with Crippen molar-refractivity contribution in [3.8, 4) is 11.8 Å². The molecule has 0 spiro atoms. The Labute approximate surface area is 313 Å². The molecule has 11 atom stereocenters. The highest BCUT2D eigenvalue weighted by Crippen LogP contribution is 2.69. The highest BCUT2D eigenvalue weighted by molar-refractivity contribution is 6.08. The summed E-state index contributed by atoms with van der Waals surface area (Å²) in [6.45, 7) is 10.6. The van der Waals surface area contributed by atoms with Crippen molar-refractivity contribution in [1.82, 2.24) is 4.98 Å². The number of aliphatic hydroxyl groups is 3. The van der Waals surface area contributed by atoms with Gasteiger partial charge in [0.25, 0.3) is 0 Å². The number of pyridine rings is 1. The number of carboxylic acids is 1. The van der Waals surface area contributed by atoms with Gasteiger partial charge in [0.1, 0.15) is 5.60 Å². The van der Waals surface area contributed by atoms with Crippen LogP contribution in [0.4, 0.5) is 5.69 Å². The summed E-state index contributed by atoms with van der Waals surface area (Å²) in [5.41, 5.74) is 3.20.